The molecule has 3 nitrogen and oxygen atoms in total. The third-order valence-corrected chi connectivity index (χ3v) is 10.5. The first-order valence-electron chi connectivity index (χ1n) is 18.5. The maximum Gasteiger partial charge on any atom is 0.216 e. The Bertz CT molecular complexity index is 2020. The topological polar surface area (TPSA) is 40.8 Å². The van der Waals surface area contributed by atoms with Gasteiger partial charge in [0.15, 0.2) is 6.20 Å². The monoisotopic (exact) mass is 598 g/mol. The summed E-state index contributed by atoms with van der Waals surface area (Å²) in [5.74, 6) is 0.899. The van der Waals surface area contributed by atoms with Crippen LogP contribution in [0.3, 0.4) is 0 Å². The molecule has 2 aromatic heterocycles. The zero-order chi connectivity index (χ0) is 33.8. The Morgan fingerprint density at radius 3 is 2.22 bits per heavy atom. The number of pyridine rings is 1. The molecule has 0 bridgehead atoms. The van der Waals surface area contributed by atoms with E-state index in [-0.39, 0.29) is 5.92 Å². The van der Waals surface area contributed by atoms with Crippen molar-refractivity contribution >= 4 is 21.9 Å². The van der Waals surface area contributed by atoms with Gasteiger partial charge in [-0.15, -0.1) is 0 Å². The molecule has 2 aliphatic carbocycles. The van der Waals surface area contributed by atoms with Crippen LogP contribution in [-0.2, 0) is 13.4 Å². The smallest absolute Gasteiger partial charge is 0.216 e. The average molecular weight is 599 g/mol. The zero-order valence-corrected chi connectivity index (χ0v) is 27.2. The molecule has 2 aliphatic rings. The number of furan rings is 1. The molecule has 230 valence electrons. The van der Waals surface area contributed by atoms with E-state index >= 15 is 0 Å². The predicted octanol–water partition coefficient (Wildman–Crippen LogP) is 11.0. The molecule has 5 aromatic rings. The summed E-state index contributed by atoms with van der Waals surface area (Å²) in [6.45, 7) is 5.88. The molecule has 0 aliphatic heterocycles. The summed E-state index contributed by atoms with van der Waals surface area (Å²) < 4.78 is 35.8. The van der Waals surface area contributed by atoms with E-state index in [1.807, 2.05) is 55.9 Å². The summed E-state index contributed by atoms with van der Waals surface area (Å²) >= 11 is 0. The van der Waals surface area contributed by atoms with Crippen molar-refractivity contribution in [2.45, 2.75) is 90.8 Å². The van der Waals surface area contributed by atoms with Crippen LogP contribution in [-0.4, -0.2) is 0 Å². The molecule has 7 rings (SSSR count). The summed E-state index contributed by atoms with van der Waals surface area (Å²) in [4.78, 5) is 0. The maximum absolute atomic E-state index is 10.2. The number of aryl methyl sites for hydroxylation is 2. The fourth-order valence-corrected chi connectivity index (χ4v) is 8.17. The third kappa shape index (κ3) is 5.69. The lowest BCUT2D eigenvalue weighted by Gasteiger charge is -2.36. The number of rotatable bonds is 6. The lowest BCUT2D eigenvalue weighted by molar-refractivity contribution is -0.660. The molecule has 0 atom stereocenters. The molecule has 0 amide bonds. The minimum atomic E-state index is -1.48. The van der Waals surface area contributed by atoms with E-state index in [4.69, 9.17) is 7.16 Å². The Kier molecular flexibility index (Phi) is 7.30. The van der Waals surface area contributed by atoms with Crippen molar-refractivity contribution in [1.29, 1.82) is 5.26 Å². The molecule has 0 spiro atoms. The maximum atomic E-state index is 10.2. The van der Waals surface area contributed by atoms with Crippen molar-refractivity contribution in [2.24, 2.45) is 24.8 Å². The van der Waals surface area contributed by atoms with Crippen LogP contribution in [0.15, 0.2) is 71.3 Å². The van der Waals surface area contributed by atoms with Gasteiger partial charge in [0.05, 0.1) is 17.2 Å². The Morgan fingerprint density at radius 2 is 1.53 bits per heavy atom. The van der Waals surface area contributed by atoms with Gasteiger partial charge in [0, 0.05) is 32.6 Å². The second-order valence-corrected chi connectivity index (χ2v) is 13.8. The molecular formula is C42H47N2O+. The van der Waals surface area contributed by atoms with Crippen LogP contribution in [0.2, 0.25) is 0 Å². The Morgan fingerprint density at radius 1 is 0.867 bits per heavy atom. The number of hydrogen-bond acceptors (Lipinski definition) is 2. The van der Waals surface area contributed by atoms with Crippen LogP contribution in [0, 0.1) is 36.0 Å². The molecule has 3 aromatic carbocycles. The van der Waals surface area contributed by atoms with E-state index < -0.39 is 12.3 Å². The molecule has 2 saturated carbocycles. The summed E-state index contributed by atoms with van der Waals surface area (Å²) in [6, 6.07) is 22.6. The van der Waals surface area contributed by atoms with Gasteiger partial charge in [-0.05, 0) is 97.0 Å². The first-order valence-corrected chi connectivity index (χ1v) is 17.0. The molecule has 0 saturated heterocycles. The Labute approximate surface area is 273 Å². The SMILES string of the molecule is [2H]C1(c2ccc(-c3c(C#N)ccc4c3oc3c(-c5cc(C([2H])([2H])C(C)C)cc[n+]5C)c(C)ccc34)cc2)CCC(C2CCCCC2)CC1. The van der Waals surface area contributed by atoms with E-state index in [0.29, 0.717) is 16.7 Å². The average Bonchev–Trinajstić information content (AvgIpc) is 3.47. The quantitative estimate of drug-likeness (QED) is 0.182. The van der Waals surface area contributed by atoms with E-state index in [1.165, 1.54) is 32.1 Å². The van der Waals surface area contributed by atoms with Gasteiger partial charge in [0.25, 0.3) is 0 Å². The second kappa shape index (κ2) is 12.5. The summed E-state index contributed by atoms with van der Waals surface area (Å²) in [5, 5.41) is 12.2. The fraction of sp³-hybridized carbons (Fsp3) is 0.429. The van der Waals surface area contributed by atoms with Crippen LogP contribution in [0.25, 0.3) is 44.3 Å². The standard InChI is InChI=1S/C42H47N2O/c1-27(2)24-29-22-23-44(4)38(25-29)39-28(3)10-20-36-37-21-19-35(26-43)40(42(37)45-41(36)39)34-17-15-33(16-18-34)32-13-11-31(12-14-32)30-8-6-5-7-9-30/h10,15-23,25,27,30-32H,5-9,11-14,24H2,1-4H3/q+1/i24D2,32D. The lowest BCUT2D eigenvalue weighted by Crippen LogP contribution is -2.31. The minimum Gasteiger partial charge on any atom is -0.454 e. The summed E-state index contributed by atoms with van der Waals surface area (Å²) in [7, 11) is 1.98. The molecule has 2 heterocycles. The van der Waals surface area contributed by atoms with E-state index in [2.05, 4.69) is 49.4 Å². The lowest BCUT2D eigenvalue weighted by atomic mass is 9.70. The first kappa shape index (κ1) is 26.3. The third-order valence-electron chi connectivity index (χ3n) is 10.5. The molecular weight excluding hydrogens is 548 g/mol. The van der Waals surface area contributed by atoms with E-state index in [1.54, 1.807) is 0 Å². The van der Waals surface area contributed by atoms with E-state index in [0.717, 1.165) is 87.4 Å². The highest BCUT2D eigenvalue weighted by Crippen LogP contribution is 2.45. The van der Waals surface area contributed by atoms with Crippen LogP contribution < -0.4 is 4.57 Å². The van der Waals surface area contributed by atoms with Crippen molar-refractivity contribution in [3.05, 3.63) is 89.1 Å². The van der Waals surface area contributed by atoms with Gasteiger partial charge in [0.2, 0.25) is 5.69 Å². The van der Waals surface area contributed by atoms with Gasteiger partial charge >= 0.3 is 0 Å². The number of benzene rings is 3. The van der Waals surface area contributed by atoms with Crippen molar-refractivity contribution in [3.8, 4) is 28.5 Å². The van der Waals surface area contributed by atoms with Gasteiger partial charge < -0.3 is 4.42 Å². The van der Waals surface area contributed by atoms with Gasteiger partial charge in [-0.2, -0.15) is 5.26 Å². The van der Waals surface area contributed by atoms with Crippen LogP contribution in [0.5, 0.6) is 0 Å². The summed E-state index contributed by atoms with van der Waals surface area (Å²) in [6.07, 6.45) is 11.5. The number of fused-ring (bicyclic) bond motifs is 3. The van der Waals surface area contributed by atoms with Crippen molar-refractivity contribution < 1.29 is 13.1 Å². The highest BCUT2D eigenvalue weighted by Gasteiger charge is 2.29. The van der Waals surface area contributed by atoms with Gasteiger partial charge in [-0.1, -0.05) is 82.3 Å². The molecule has 2 fully saturated rings. The zero-order valence-electron chi connectivity index (χ0n) is 30.2. The largest absolute Gasteiger partial charge is 0.454 e. The molecule has 0 radical (unpaired) electrons. The molecule has 0 unspecified atom stereocenters. The second-order valence-electron chi connectivity index (χ2n) is 13.8. The van der Waals surface area contributed by atoms with Crippen molar-refractivity contribution in [1.82, 2.24) is 0 Å². The number of nitrogens with zero attached hydrogens (tertiary/aromatic N) is 2. The summed E-state index contributed by atoms with van der Waals surface area (Å²) in [5.41, 5.74) is 8.19. The molecule has 3 heteroatoms. The minimum absolute atomic E-state index is 0.180. The normalized spacial score (nSPS) is 22.3. The van der Waals surface area contributed by atoms with E-state index in [9.17, 15) is 6.63 Å². The van der Waals surface area contributed by atoms with Crippen LogP contribution in [0.4, 0.5) is 0 Å². The van der Waals surface area contributed by atoms with Crippen LogP contribution >= 0.6 is 0 Å². The predicted molar refractivity (Wildman–Crippen MR) is 185 cm³/mol. The van der Waals surface area contributed by atoms with Crippen molar-refractivity contribution in [2.75, 3.05) is 0 Å². The number of aromatic nitrogens is 1. The van der Waals surface area contributed by atoms with Crippen molar-refractivity contribution in [3.63, 3.8) is 0 Å². The Hall–Kier alpha value is -3.90. The van der Waals surface area contributed by atoms with Crippen LogP contribution in [0.1, 0.15) is 104 Å². The van der Waals surface area contributed by atoms with Gasteiger partial charge in [-0.25, -0.2) is 4.57 Å². The first-order chi connectivity index (χ1) is 23.0. The molecule has 45 heavy (non-hydrogen) atoms. The molecule has 0 N–H and O–H groups in total. The highest BCUT2D eigenvalue weighted by molar-refractivity contribution is 6.14. The fourth-order valence-electron chi connectivity index (χ4n) is 8.17. The Balaban J connectivity index is 1.28. The number of hydrogen-bond donors (Lipinski definition) is 0. The van der Waals surface area contributed by atoms with Gasteiger partial charge in [0.1, 0.15) is 18.2 Å². The number of nitriles is 1. The highest BCUT2D eigenvalue weighted by atomic mass is 16.3. The van der Waals surface area contributed by atoms with Gasteiger partial charge in [-0.3, -0.25) is 0 Å².